The lowest BCUT2D eigenvalue weighted by molar-refractivity contribution is -0.141. The molecule has 2 aromatic rings. The first-order chi connectivity index (χ1) is 16.1. The van der Waals surface area contributed by atoms with Crippen LogP contribution in [-0.2, 0) is 26.2 Å². The Labute approximate surface area is 218 Å². The van der Waals surface area contributed by atoms with Crippen molar-refractivity contribution >= 4 is 50.7 Å². The molecule has 1 N–H and O–H groups in total. The second-order valence-corrected chi connectivity index (χ2v) is 12.3. The third kappa shape index (κ3) is 8.40. The van der Waals surface area contributed by atoms with E-state index >= 15 is 0 Å². The molecule has 7 nitrogen and oxygen atoms in total. The third-order valence-electron chi connectivity index (χ3n) is 5.22. The van der Waals surface area contributed by atoms with Gasteiger partial charge in [-0.1, -0.05) is 60.0 Å². The molecule has 2 amide bonds. The topological polar surface area (TPSA) is 86.8 Å². The maximum Gasteiger partial charge on any atom is 0.244 e. The van der Waals surface area contributed by atoms with Gasteiger partial charge in [-0.05, 0) is 57.9 Å². The number of benzene rings is 2. The van der Waals surface area contributed by atoms with Crippen molar-refractivity contribution in [2.75, 3.05) is 17.1 Å². The van der Waals surface area contributed by atoms with Crippen LogP contribution in [0.5, 0.6) is 0 Å². The second kappa shape index (κ2) is 11.6. The van der Waals surface area contributed by atoms with E-state index in [9.17, 15) is 18.0 Å². The molecule has 192 valence electrons. The average molecular weight is 543 g/mol. The van der Waals surface area contributed by atoms with Crippen LogP contribution in [0.2, 0.25) is 10.0 Å². The Morgan fingerprint density at radius 3 is 2.14 bits per heavy atom. The van der Waals surface area contributed by atoms with Gasteiger partial charge in [0.2, 0.25) is 21.8 Å². The highest BCUT2D eigenvalue weighted by molar-refractivity contribution is 7.92. The summed E-state index contributed by atoms with van der Waals surface area (Å²) in [7, 11) is -3.88. The maximum absolute atomic E-state index is 13.7. The number of aryl methyl sites for hydroxylation is 1. The van der Waals surface area contributed by atoms with Gasteiger partial charge < -0.3 is 10.2 Å². The number of amides is 2. The zero-order valence-electron chi connectivity index (χ0n) is 20.9. The number of anilines is 1. The van der Waals surface area contributed by atoms with Gasteiger partial charge in [0.25, 0.3) is 0 Å². The van der Waals surface area contributed by atoms with Crippen LogP contribution in [0.3, 0.4) is 0 Å². The molecule has 0 aliphatic carbocycles. The quantitative estimate of drug-likeness (QED) is 0.494. The summed E-state index contributed by atoms with van der Waals surface area (Å²) < 4.78 is 26.3. The lowest BCUT2D eigenvalue weighted by atomic mass is 10.1. The molecule has 35 heavy (non-hydrogen) atoms. The summed E-state index contributed by atoms with van der Waals surface area (Å²) in [5, 5.41) is 3.36. The van der Waals surface area contributed by atoms with Crippen LogP contribution >= 0.6 is 23.2 Å². The summed E-state index contributed by atoms with van der Waals surface area (Å²) in [6, 6.07) is 11.2. The lowest BCUT2D eigenvalue weighted by Crippen LogP contribution is -2.55. The molecule has 10 heteroatoms. The molecular weight excluding hydrogens is 509 g/mol. The fraction of sp³-hybridized carbons (Fsp3) is 0.440. The lowest BCUT2D eigenvalue weighted by Gasteiger charge is -2.34. The Bertz CT molecular complexity index is 1160. The van der Waals surface area contributed by atoms with Crippen molar-refractivity contribution in [1.29, 1.82) is 0 Å². The standard InChI is InChI=1S/C25H33Cl2N3O4S/c1-7-21(24(32)28-25(3,4)5)29(15-18-10-8-17(2)9-11-18)23(31)16-30(35(6,33)34)22-13-12-19(26)14-20(22)27/h8-14,21H,7,15-16H2,1-6H3,(H,28,32)/t21-/m0/s1. The average Bonchev–Trinajstić information content (AvgIpc) is 2.71. The number of carbonyl (C=O) groups excluding carboxylic acids is 2. The highest BCUT2D eigenvalue weighted by Gasteiger charge is 2.33. The fourth-order valence-electron chi connectivity index (χ4n) is 3.54. The Hall–Kier alpha value is -2.29. The van der Waals surface area contributed by atoms with Crippen molar-refractivity contribution in [3.63, 3.8) is 0 Å². The van der Waals surface area contributed by atoms with Gasteiger partial charge in [0, 0.05) is 17.1 Å². The number of halogens is 2. The van der Waals surface area contributed by atoms with Crippen molar-refractivity contribution < 1.29 is 18.0 Å². The van der Waals surface area contributed by atoms with Gasteiger partial charge >= 0.3 is 0 Å². The largest absolute Gasteiger partial charge is 0.350 e. The van der Waals surface area contributed by atoms with Gasteiger partial charge in [-0.3, -0.25) is 13.9 Å². The summed E-state index contributed by atoms with van der Waals surface area (Å²) in [5.74, 6) is -0.839. The summed E-state index contributed by atoms with van der Waals surface area (Å²) in [6.45, 7) is 8.96. The Morgan fingerprint density at radius 1 is 1.06 bits per heavy atom. The van der Waals surface area contributed by atoms with Crippen molar-refractivity contribution in [1.82, 2.24) is 10.2 Å². The first-order valence-corrected chi connectivity index (χ1v) is 13.8. The van der Waals surface area contributed by atoms with Gasteiger partial charge in [-0.25, -0.2) is 8.42 Å². The van der Waals surface area contributed by atoms with Crippen LogP contribution in [0.1, 0.15) is 45.2 Å². The SMILES string of the molecule is CC[C@@H](C(=O)NC(C)(C)C)N(Cc1ccc(C)cc1)C(=O)CN(c1ccc(Cl)cc1Cl)S(C)(=O)=O. The van der Waals surface area contributed by atoms with E-state index in [4.69, 9.17) is 23.2 Å². The molecule has 0 saturated heterocycles. The number of hydrogen-bond acceptors (Lipinski definition) is 4. The molecular formula is C25H33Cl2N3O4S. The molecule has 1 atom stereocenters. The minimum absolute atomic E-state index is 0.0957. The fourth-order valence-corrected chi connectivity index (χ4v) is 4.96. The molecule has 0 fully saturated rings. The number of rotatable bonds is 9. The first kappa shape index (κ1) is 28.9. The molecule has 0 saturated carbocycles. The first-order valence-electron chi connectivity index (χ1n) is 11.2. The maximum atomic E-state index is 13.7. The van der Waals surface area contributed by atoms with E-state index in [-0.39, 0.29) is 23.2 Å². The number of hydrogen-bond donors (Lipinski definition) is 1. The smallest absolute Gasteiger partial charge is 0.244 e. The molecule has 0 heterocycles. The molecule has 2 rings (SSSR count). The predicted octanol–water partition coefficient (Wildman–Crippen LogP) is 4.79. The molecule has 0 unspecified atom stereocenters. The Morgan fingerprint density at radius 2 is 1.66 bits per heavy atom. The van der Waals surface area contributed by atoms with Crippen LogP contribution in [0, 0.1) is 6.92 Å². The van der Waals surface area contributed by atoms with Gasteiger partial charge in [-0.2, -0.15) is 0 Å². The van der Waals surface area contributed by atoms with Gasteiger partial charge in [0.1, 0.15) is 12.6 Å². The van der Waals surface area contributed by atoms with Gasteiger partial charge in [0.15, 0.2) is 0 Å². The van der Waals surface area contributed by atoms with E-state index < -0.39 is 34.1 Å². The minimum atomic E-state index is -3.88. The Balaban J connectivity index is 2.48. The van der Waals surface area contributed by atoms with Crippen LogP contribution < -0.4 is 9.62 Å². The van der Waals surface area contributed by atoms with Crippen LogP contribution in [0.15, 0.2) is 42.5 Å². The van der Waals surface area contributed by atoms with E-state index in [0.717, 1.165) is 21.7 Å². The van der Waals surface area contributed by atoms with Gasteiger partial charge in [0.05, 0.1) is 17.0 Å². The van der Waals surface area contributed by atoms with Crippen molar-refractivity contribution in [3.05, 3.63) is 63.6 Å². The molecule has 0 aliphatic rings. The number of nitrogens with one attached hydrogen (secondary N) is 1. The summed E-state index contributed by atoms with van der Waals surface area (Å²) >= 11 is 12.2. The van der Waals surface area contributed by atoms with E-state index in [2.05, 4.69) is 5.32 Å². The zero-order chi connectivity index (χ0) is 26.6. The molecule has 0 radical (unpaired) electrons. The monoisotopic (exact) mass is 541 g/mol. The van der Waals surface area contributed by atoms with Crippen molar-refractivity contribution in [2.24, 2.45) is 0 Å². The van der Waals surface area contributed by atoms with Crippen LogP contribution in [0.25, 0.3) is 0 Å². The van der Waals surface area contributed by atoms with Crippen LogP contribution in [-0.4, -0.2) is 49.5 Å². The summed E-state index contributed by atoms with van der Waals surface area (Å²) in [4.78, 5) is 28.2. The molecule has 0 aliphatic heterocycles. The van der Waals surface area contributed by atoms with Crippen molar-refractivity contribution in [3.8, 4) is 0 Å². The normalized spacial score (nSPS) is 12.7. The minimum Gasteiger partial charge on any atom is -0.350 e. The van der Waals surface area contributed by atoms with Crippen molar-refractivity contribution in [2.45, 2.75) is 59.2 Å². The predicted molar refractivity (Wildman–Crippen MR) is 142 cm³/mol. The highest BCUT2D eigenvalue weighted by atomic mass is 35.5. The number of carbonyl (C=O) groups is 2. The third-order valence-corrected chi connectivity index (χ3v) is 6.88. The van der Waals surface area contributed by atoms with E-state index in [0.29, 0.717) is 11.4 Å². The molecule has 0 spiro atoms. The van der Waals surface area contributed by atoms with E-state index in [1.807, 2.05) is 58.9 Å². The molecule has 0 aromatic heterocycles. The zero-order valence-corrected chi connectivity index (χ0v) is 23.3. The number of sulfonamides is 1. The highest BCUT2D eigenvalue weighted by Crippen LogP contribution is 2.30. The Kier molecular flexibility index (Phi) is 9.62. The number of nitrogens with zero attached hydrogens (tertiary/aromatic N) is 2. The molecule has 2 aromatic carbocycles. The summed E-state index contributed by atoms with van der Waals surface area (Å²) in [6.07, 6.45) is 1.35. The molecule has 0 bridgehead atoms. The van der Waals surface area contributed by atoms with Gasteiger partial charge in [-0.15, -0.1) is 0 Å². The van der Waals surface area contributed by atoms with E-state index in [1.54, 1.807) is 0 Å². The van der Waals surface area contributed by atoms with E-state index in [1.165, 1.54) is 23.1 Å². The summed E-state index contributed by atoms with van der Waals surface area (Å²) in [5.41, 5.74) is 1.51. The van der Waals surface area contributed by atoms with Crippen LogP contribution in [0.4, 0.5) is 5.69 Å². The second-order valence-electron chi connectivity index (χ2n) is 9.54.